The summed E-state index contributed by atoms with van der Waals surface area (Å²) in [5.41, 5.74) is 0.838. The Labute approximate surface area is 111 Å². The highest BCUT2D eigenvalue weighted by Gasteiger charge is 2.13. The van der Waals surface area contributed by atoms with Gasteiger partial charge in [0.25, 0.3) is 5.69 Å². The molecule has 0 saturated carbocycles. The molecule has 0 spiro atoms. The van der Waals surface area contributed by atoms with Gasteiger partial charge in [0, 0.05) is 32.9 Å². The third-order valence-electron chi connectivity index (χ3n) is 2.55. The summed E-state index contributed by atoms with van der Waals surface area (Å²) in [5, 5.41) is 10.9. The van der Waals surface area contributed by atoms with Crippen LogP contribution in [0, 0.1) is 10.1 Å². The lowest BCUT2D eigenvalue weighted by Crippen LogP contribution is -2.20. The van der Waals surface area contributed by atoms with Gasteiger partial charge in [-0.3, -0.25) is 10.1 Å². The van der Waals surface area contributed by atoms with E-state index in [1.54, 1.807) is 13.2 Å². The molecule has 18 heavy (non-hydrogen) atoms. The van der Waals surface area contributed by atoms with E-state index in [0.717, 1.165) is 18.5 Å². The minimum atomic E-state index is -0.462. The summed E-state index contributed by atoms with van der Waals surface area (Å²) >= 11 is 5.76. The summed E-state index contributed by atoms with van der Waals surface area (Å²) in [6, 6.07) is 4.90. The van der Waals surface area contributed by atoms with Crippen LogP contribution in [0.3, 0.4) is 0 Å². The van der Waals surface area contributed by atoms with Crippen LogP contribution in [0.5, 0.6) is 0 Å². The normalized spacial score (nSPS) is 10.9. The number of nitro groups is 1. The van der Waals surface area contributed by atoms with Crippen molar-refractivity contribution >= 4 is 17.3 Å². The average molecular weight is 273 g/mol. The maximum Gasteiger partial charge on any atom is 0.288 e. The summed E-state index contributed by atoms with van der Waals surface area (Å²) in [4.78, 5) is 12.4. The van der Waals surface area contributed by atoms with Crippen LogP contribution in [0.4, 0.5) is 5.69 Å². The lowest BCUT2D eigenvalue weighted by molar-refractivity contribution is -0.384. The van der Waals surface area contributed by atoms with Crippen LogP contribution in [0.1, 0.15) is 12.0 Å². The van der Waals surface area contributed by atoms with Gasteiger partial charge in [0.05, 0.1) is 4.92 Å². The number of halogens is 1. The molecular weight excluding hydrogens is 256 g/mol. The Balaban J connectivity index is 2.62. The molecule has 5 nitrogen and oxygen atoms in total. The van der Waals surface area contributed by atoms with Crippen molar-refractivity contribution in [2.45, 2.75) is 13.0 Å². The minimum absolute atomic E-state index is 0.0422. The fraction of sp³-hybridized carbons (Fsp3) is 0.500. The van der Waals surface area contributed by atoms with Gasteiger partial charge in [0.2, 0.25) is 0 Å². The molecule has 0 aliphatic carbocycles. The van der Waals surface area contributed by atoms with E-state index >= 15 is 0 Å². The first-order chi connectivity index (χ1) is 8.54. The third-order valence-corrected chi connectivity index (χ3v) is 2.87. The number of nitrogens with zero attached hydrogens (tertiary/aromatic N) is 2. The summed E-state index contributed by atoms with van der Waals surface area (Å²) < 4.78 is 4.98. The lowest BCUT2D eigenvalue weighted by Gasteiger charge is -2.16. The van der Waals surface area contributed by atoms with Crippen molar-refractivity contribution in [3.63, 3.8) is 0 Å². The topological polar surface area (TPSA) is 55.6 Å². The number of rotatable bonds is 7. The zero-order valence-corrected chi connectivity index (χ0v) is 11.3. The Morgan fingerprint density at radius 2 is 2.22 bits per heavy atom. The molecule has 0 heterocycles. The van der Waals surface area contributed by atoms with Crippen LogP contribution in [-0.4, -0.2) is 37.1 Å². The van der Waals surface area contributed by atoms with Crippen LogP contribution in [0.25, 0.3) is 0 Å². The molecule has 0 fully saturated rings. The minimum Gasteiger partial charge on any atom is -0.385 e. The van der Waals surface area contributed by atoms with Gasteiger partial charge in [-0.2, -0.15) is 0 Å². The van der Waals surface area contributed by atoms with E-state index in [1.807, 2.05) is 13.1 Å². The number of ether oxygens (including phenoxy) is 1. The van der Waals surface area contributed by atoms with E-state index < -0.39 is 4.92 Å². The number of hydrogen-bond donors (Lipinski definition) is 0. The van der Waals surface area contributed by atoms with Crippen LogP contribution in [0.2, 0.25) is 5.02 Å². The van der Waals surface area contributed by atoms with Crippen molar-refractivity contribution in [2.24, 2.45) is 0 Å². The largest absolute Gasteiger partial charge is 0.385 e. The highest BCUT2D eigenvalue weighted by Crippen LogP contribution is 2.25. The monoisotopic (exact) mass is 272 g/mol. The Hall–Kier alpha value is -1.17. The standard InChI is InChI=1S/C12H17ClN2O3/c1-14(6-3-7-18-2)9-10-4-5-11(13)12(8-10)15(16)17/h4-5,8H,3,6-7,9H2,1-2H3. The van der Waals surface area contributed by atoms with Crippen molar-refractivity contribution in [3.8, 4) is 0 Å². The molecular formula is C12H17ClN2O3. The molecule has 0 radical (unpaired) electrons. The van der Waals surface area contributed by atoms with Crippen LogP contribution in [0.15, 0.2) is 18.2 Å². The maximum absolute atomic E-state index is 10.8. The van der Waals surface area contributed by atoms with Crippen molar-refractivity contribution in [1.29, 1.82) is 0 Å². The number of benzene rings is 1. The molecule has 1 rings (SSSR count). The zero-order chi connectivity index (χ0) is 13.5. The highest BCUT2D eigenvalue weighted by molar-refractivity contribution is 6.32. The molecule has 0 bridgehead atoms. The number of nitro benzene ring substituents is 1. The van der Waals surface area contributed by atoms with Crippen molar-refractivity contribution in [1.82, 2.24) is 4.90 Å². The molecule has 0 unspecified atom stereocenters. The van der Waals surface area contributed by atoms with Crippen LogP contribution in [-0.2, 0) is 11.3 Å². The van der Waals surface area contributed by atoms with E-state index in [-0.39, 0.29) is 10.7 Å². The quantitative estimate of drug-likeness (QED) is 0.435. The average Bonchev–Trinajstić information content (AvgIpc) is 2.31. The second kappa shape index (κ2) is 7.31. The van der Waals surface area contributed by atoms with Crippen molar-refractivity contribution < 1.29 is 9.66 Å². The molecule has 0 atom stereocenters. The predicted octanol–water partition coefficient (Wildman–Crippen LogP) is 2.72. The summed E-state index contributed by atoms with van der Waals surface area (Å²) in [6.07, 6.45) is 0.933. The number of hydrogen-bond acceptors (Lipinski definition) is 4. The first-order valence-corrected chi connectivity index (χ1v) is 6.02. The van der Waals surface area contributed by atoms with Crippen LogP contribution < -0.4 is 0 Å². The summed E-state index contributed by atoms with van der Waals surface area (Å²) in [5.74, 6) is 0. The fourth-order valence-corrected chi connectivity index (χ4v) is 1.85. The van der Waals surface area contributed by atoms with Gasteiger partial charge in [-0.05, 0) is 25.1 Å². The first kappa shape index (κ1) is 14.9. The van der Waals surface area contributed by atoms with Gasteiger partial charge in [-0.15, -0.1) is 0 Å². The third kappa shape index (κ3) is 4.60. The molecule has 0 saturated heterocycles. The molecule has 1 aromatic rings. The molecule has 0 amide bonds. The van der Waals surface area contributed by atoms with E-state index in [0.29, 0.717) is 13.2 Å². The van der Waals surface area contributed by atoms with Crippen LogP contribution >= 0.6 is 11.6 Å². The van der Waals surface area contributed by atoms with Crippen molar-refractivity contribution in [2.75, 3.05) is 27.3 Å². The first-order valence-electron chi connectivity index (χ1n) is 5.65. The van der Waals surface area contributed by atoms with Gasteiger partial charge in [0.1, 0.15) is 5.02 Å². The second-order valence-electron chi connectivity index (χ2n) is 4.13. The predicted molar refractivity (Wildman–Crippen MR) is 70.9 cm³/mol. The van der Waals surface area contributed by atoms with Gasteiger partial charge in [-0.1, -0.05) is 17.7 Å². The lowest BCUT2D eigenvalue weighted by atomic mass is 10.2. The molecule has 1 aromatic carbocycles. The zero-order valence-electron chi connectivity index (χ0n) is 10.6. The van der Waals surface area contributed by atoms with Gasteiger partial charge in [0.15, 0.2) is 0 Å². The molecule has 0 aromatic heterocycles. The summed E-state index contributed by atoms with van der Waals surface area (Å²) in [7, 11) is 3.64. The molecule has 0 aliphatic rings. The van der Waals surface area contributed by atoms with E-state index in [1.165, 1.54) is 6.07 Å². The Morgan fingerprint density at radius 3 is 2.83 bits per heavy atom. The second-order valence-corrected chi connectivity index (χ2v) is 4.53. The SMILES string of the molecule is COCCCN(C)Cc1ccc(Cl)c([N+](=O)[O-])c1. The number of methoxy groups -OCH3 is 1. The van der Waals surface area contributed by atoms with E-state index in [9.17, 15) is 10.1 Å². The molecule has 6 heteroatoms. The van der Waals surface area contributed by atoms with E-state index in [2.05, 4.69) is 4.90 Å². The highest BCUT2D eigenvalue weighted by atomic mass is 35.5. The Kier molecular flexibility index (Phi) is 6.04. The van der Waals surface area contributed by atoms with Crippen molar-refractivity contribution in [3.05, 3.63) is 38.9 Å². The smallest absolute Gasteiger partial charge is 0.288 e. The van der Waals surface area contributed by atoms with E-state index in [4.69, 9.17) is 16.3 Å². The molecule has 100 valence electrons. The van der Waals surface area contributed by atoms with Gasteiger partial charge >= 0.3 is 0 Å². The van der Waals surface area contributed by atoms with Gasteiger partial charge in [-0.25, -0.2) is 0 Å². The molecule has 0 aliphatic heterocycles. The maximum atomic E-state index is 10.8. The fourth-order valence-electron chi connectivity index (χ4n) is 1.67. The Bertz CT molecular complexity index is 412. The summed E-state index contributed by atoms with van der Waals surface area (Å²) in [6.45, 7) is 2.25. The van der Waals surface area contributed by atoms with Gasteiger partial charge < -0.3 is 9.64 Å². The Morgan fingerprint density at radius 1 is 1.50 bits per heavy atom. The molecule has 0 N–H and O–H groups in total.